The smallest absolute Gasteiger partial charge is 0.232 e. The first-order valence-corrected chi connectivity index (χ1v) is 12.3. The molecule has 0 radical (unpaired) electrons. The molecular formula is C29H37ClN2O. The van der Waals surface area contributed by atoms with E-state index in [0.29, 0.717) is 22.7 Å². The van der Waals surface area contributed by atoms with Crippen molar-refractivity contribution in [2.24, 2.45) is 17.3 Å². The molecule has 2 heterocycles. The van der Waals surface area contributed by atoms with Crippen LogP contribution in [0.15, 0.2) is 67.1 Å². The fourth-order valence-electron chi connectivity index (χ4n) is 4.58. The van der Waals surface area contributed by atoms with Crippen molar-refractivity contribution in [1.82, 2.24) is 9.97 Å². The van der Waals surface area contributed by atoms with E-state index in [-0.39, 0.29) is 17.4 Å². The van der Waals surface area contributed by atoms with Crippen LogP contribution in [-0.2, 0) is 6.42 Å². The van der Waals surface area contributed by atoms with Gasteiger partial charge in [0.25, 0.3) is 0 Å². The van der Waals surface area contributed by atoms with Gasteiger partial charge in [-0.1, -0.05) is 82.6 Å². The first-order valence-electron chi connectivity index (χ1n) is 11.9. The molecule has 0 spiro atoms. The Morgan fingerprint density at radius 2 is 1.64 bits per heavy atom. The van der Waals surface area contributed by atoms with E-state index >= 15 is 0 Å². The van der Waals surface area contributed by atoms with Gasteiger partial charge >= 0.3 is 0 Å². The van der Waals surface area contributed by atoms with Crippen LogP contribution in [0, 0.1) is 17.3 Å². The first kappa shape index (κ1) is 25.2. The van der Waals surface area contributed by atoms with Gasteiger partial charge < -0.3 is 4.74 Å². The van der Waals surface area contributed by atoms with E-state index in [4.69, 9.17) is 16.3 Å². The van der Waals surface area contributed by atoms with Crippen LogP contribution in [0.4, 0.5) is 0 Å². The lowest BCUT2D eigenvalue weighted by molar-refractivity contribution is 0.154. The molecule has 176 valence electrons. The van der Waals surface area contributed by atoms with Gasteiger partial charge in [0.2, 0.25) is 5.88 Å². The molecule has 4 heteroatoms. The number of halogens is 1. The van der Waals surface area contributed by atoms with Gasteiger partial charge in [0, 0.05) is 24.5 Å². The van der Waals surface area contributed by atoms with Gasteiger partial charge in [-0.3, -0.25) is 4.98 Å². The molecule has 0 bridgehead atoms. The summed E-state index contributed by atoms with van der Waals surface area (Å²) in [6, 6.07) is 16.9. The van der Waals surface area contributed by atoms with Crippen LogP contribution in [0.2, 0.25) is 5.02 Å². The minimum atomic E-state index is -0.0289. The number of ether oxygens (including phenoxy) is 1. The molecule has 0 saturated heterocycles. The van der Waals surface area contributed by atoms with Crippen LogP contribution in [0.3, 0.4) is 0 Å². The zero-order valence-electron chi connectivity index (χ0n) is 20.8. The van der Waals surface area contributed by atoms with E-state index in [2.05, 4.69) is 87.9 Å². The summed E-state index contributed by atoms with van der Waals surface area (Å²) < 4.78 is 6.27. The molecule has 0 fully saturated rings. The molecule has 33 heavy (non-hydrogen) atoms. The quantitative estimate of drug-likeness (QED) is 0.322. The summed E-state index contributed by atoms with van der Waals surface area (Å²) in [6.07, 6.45) is 7.49. The highest BCUT2D eigenvalue weighted by molar-refractivity contribution is 6.31. The fourth-order valence-corrected chi connectivity index (χ4v) is 4.82. The maximum atomic E-state index is 6.56. The molecule has 3 nitrogen and oxygen atoms in total. The fraction of sp³-hybridized carbons (Fsp3) is 0.448. The van der Waals surface area contributed by atoms with Crippen LogP contribution in [0.1, 0.15) is 70.6 Å². The topological polar surface area (TPSA) is 35.0 Å². The molecule has 0 aliphatic heterocycles. The second-order valence-corrected chi connectivity index (χ2v) is 11.0. The van der Waals surface area contributed by atoms with Gasteiger partial charge in [-0.25, -0.2) is 4.98 Å². The highest BCUT2D eigenvalue weighted by Gasteiger charge is 2.30. The van der Waals surface area contributed by atoms with Crippen molar-refractivity contribution in [1.29, 1.82) is 0 Å². The molecule has 0 aliphatic rings. The van der Waals surface area contributed by atoms with Crippen LogP contribution in [0.25, 0.3) is 0 Å². The first-order chi connectivity index (χ1) is 15.6. The third-order valence-electron chi connectivity index (χ3n) is 6.00. The Balaban J connectivity index is 1.81. The zero-order valence-corrected chi connectivity index (χ0v) is 21.5. The van der Waals surface area contributed by atoms with Crippen molar-refractivity contribution in [2.45, 2.75) is 66.4 Å². The Bertz CT molecular complexity index is 960. The lowest BCUT2D eigenvalue weighted by Gasteiger charge is -2.33. The highest BCUT2D eigenvalue weighted by Crippen LogP contribution is 2.39. The number of pyridine rings is 2. The summed E-state index contributed by atoms with van der Waals surface area (Å²) >= 11 is 6.56. The molecule has 3 atom stereocenters. The summed E-state index contributed by atoms with van der Waals surface area (Å²) in [5, 5.41) is 0.580. The Labute approximate surface area is 204 Å². The molecule has 0 N–H and O–H groups in total. The van der Waals surface area contributed by atoms with Gasteiger partial charge in [0.15, 0.2) is 0 Å². The Hall–Kier alpha value is -2.39. The third-order valence-corrected chi connectivity index (χ3v) is 6.27. The maximum absolute atomic E-state index is 6.56. The van der Waals surface area contributed by atoms with Gasteiger partial charge in [0.1, 0.15) is 5.02 Å². The highest BCUT2D eigenvalue weighted by atomic mass is 35.5. The van der Waals surface area contributed by atoms with Crippen molar-refractivity contribution in [3.8, 4) is 5.88 Å². The van der Waals surface area contributed by atoms with Gasteiger partial charge in [-0.05, 0) is 65.8 Å². The molecule has 0 amide bonds. The molecule has 2 unspecified atom stereocenters. The molecule has 0 saturated carbocycles. The van der Waals surface area contributed by atoms with Crippen LogP contribution >= 0.6 is 11.6 Å². The summed E-state index contributed by atoms with van der Waals surface area (Å²) in [4.78, 5) is 8.96. The minimum absolute atomic E-state index is 0.0289. The van der Waals surface area contributed by atoms with Crippen molar-refractivity contribution in [3.63, 3.8) is 0 Å². The predicted octanol–water partition coefficient (Wildman–Crippen LogP) is 7.98. The number of hydrogen-bond donors (Lipinski definition) is 0. The second kappa shape index (κ2) is 11.2. The lowest BCUT2D eigenvalue weighted by atomic mass is 9.73. The summed E-state index contributed by atoms with van der Waals surface area (Å²) in [7, 11) is 0. The van der Waals surface area contributed by atoms with E-state index in [0.717, 1.165) is 18.4 Å². The second-order valence-electron chi connectivity index (χ2n) is 10.6. The van der Waals surface area contributed by atoms with E-state index in [1.165, 1.54) is 11.1 Å². The van der Waals surface area contributed by atoms with E-state index in [9.17, 15) is 0 Å². The van der Waals surface area contributed by atoms with Crippen LogP contribution < -0.4 is 4.74 Å². The predicted molar refractivity (Wildman–Crippen MR) is 138 cm³/mol. The molecular weight excluding hydrogens is 428 g/mol. The largest absolute Gasteiger partial charge is 0.474 e. The Kier molecular flexibility index (Phi) is 8.53. The molecule has 3 rings (SSSR count). The standard InChI is InChI=1S/C29H37ClN2O/c1-20(2)25(27(23-11-8-7-9-12-23)24-13-10-14-31-19-24)15-21(3)33-28-26(30)16-22(18-32-28)17-29(4,5)6/h7-14,16,18-21,25,27H,15,17H2,1-6H3/t21?,25?,27-/m0/s1. The Morgan fingerprint density at radius 3 is 2.21 bits per heavy atom. The summed E-state index contributed by atoms with van der Waals surface area (Å²) in [6.45, 7) is 13.3. The average molecular weight is 465 g/mol. The van der Waals surface area contributed by atoms with E-state index < -0.39 is 0 Å². The average Bonchev–Trinajstić information content (AvgIpc) is 2.75. The number of benzene rings is 1. The molecule has 1 aromatic carbocycles. The van der Waals surface area contributed by atoms with Crippen molar-refractivity contribution in [2.75, 3.05) is 0 Å². The van der Waals surface area contributed by atoms with E-state index in [1.807, 2.05) is 30.7 Å². The summed E-state index contributed by atoms with van der Waals surface area (Å²) in [5.74, 6) is 1.58. The van der Waals surface area contributed by atoms with Crippen molar-refractivity contribution >= 4 is 11.6 Å². The molecule has 3 aromatic rings. The van der Waals surface area contributed by atoms with Crippen LogP contribution in [0.5, 0.6) is 5.88 Å². The zero-order chi connectivity index (χ0) is 24.0. The Morgan fingerprint density at radius 1 is 0.939 bits per heavy atom. The summed E-state index contributed by atoms with van der Waals surface area (Å²) in [5.41, 5.74) is 3.86. The van der Waals surface area contributed by atoms with Gasteiger partial charge in [-0.2, -0.15) is 0 Å². The normalized spacial score (nSPS) is 14.7. The van der Waals surface area contributed by atoms with Crippen molar-refractivity contribution in [3.05, 3.63) is 88.8 Å². The third kappa shape index (κ3) is 7.30. The van der Waals surface area contributed by atoms with Crippen molar-refractivity contribution < 1.29 is 4.74 Å². The molecule has 0 aliphatic carbocycles. The van der Waals surface area contributed by atoms with Gasteiger partial charge in [-0.15, -0.1) is 0 Å². The number of nitrogens with zero attached hydrogens (tertiary/aromatic N) is 2. The number of hydrogen-bond acceptors (Lipinski definition) is 3. The SMILES string of the molecule is CC(CC(C(C)C)[C@@H](c1ccccc1)c1cccnc1)Oc1ncc(CC(C)(C)C)cc1Cl. The van der Waals surface area contributed by atoms with E-state index in [1.54, 1.807) is 0 Å². The minimum Gasteiger partial charge on any atom is -0.474 e. The monoisotopic (exact) mass is 464 g/mol. The number of rotatable bonds is 9. The lowest BCUT2D eigenvalue weighted by Crippen LogP contribution is -2.27. The van der Waals surface area contributed by atoms with Crippen LogP contribution in [-0.4, -0.2) is 16.1 Å². The maximum Gasteiger partial charge on any atom is 0.232 e. The molecule has 2 aromatic heterocycles. The van der Waals surface area contributed by atoms with Gasteiger partial charge in [0.05, 0.1) is 6.10 Å². The number of aromatic nitrogens is 2.